The Labute approximate surface area is 184 Å². The minimum Gasteiger partial charge on any atom is -0.483 e. The number of amides is 2. The first-order valence-corrected chi connectivity index (χ1v) is 10.8. The number of carbonyl (C=O) groups is 2. The van der Waals surface area contributed by atoms with E-state index in [0.717, 1.165) is 22.8 Å². The van der Waals surface area contributed by atoms with Gasteiger partial charge >= 0.3 is 0 Å². The van der Waals surface area contributed by atoms with E-state index in [4.69, 9.17) is 4.74 Å². The van der Waals surface area contributed by atoms with Gasteiger partial charge in [0.25, 0.3) is 5.91 Å². The molecule has 5 heteroatoms. The van der Waals surface area contributed by atoms with Crippen LogP contribution < -0.4 is 10.1 Å². The Balaban J connectivity index is 1.71. The SMILES string of the molecule is CCCNC(=O)C(C)N(CCc1ccccc1)C(=O)COc1cccc2ccccc12. The number of fused-ring (bicyclic) bond motifs is 1. The molecule has 0 saturated heterocycles. The fraction of sp³-hybridized carbons (Fsp3) is 0.308. The summed E-state index contributed by atoms with van der Waals surface area (Å²) >= 11 is 0. The lowest BCUT2D eigenvalue weighted by molar-refractivity contribution is -0.141. The zero-order chi connectivity index (χ0) is 22.1. The molecule has 3 rings (SSSR count). The van der Waals surface area contributed by atoms with Gasteiger partial charge in [-0.3, -0.25) is 9.59 Å². The van der Waals surface area contributed by atoms with E-state index in [2.05, 4.69) is 5.32 Å². The van der Waals surface area contributed by atoms with Gasteiger partial charge in [-0.1, -0.05) is 73.7 Å². The molecule has 0 spiro atoms. The Bertz CT molecular complexity index is 998. The second-order valence-electron chi connectivity index (χ2n) is 7.56. The van der Waals surface area contributed by atoms with Gasteiger partial charge in [0.1, 0.15) is 11.8 Å². The Morgan fingerprint density at radius 1 is 0.968 bits per heavy atom. The molecule has 0 bridgehead atoms. The minimum absolute atomic E-state index is 0.117. The Morgan fingerprint density at radius 3 is 2.45 bits per heavy atom. The summed E-state index contributed by atoms with van der Waals surface area (Å²) in [6.45, 7) is 4.69. The predicted octanol–water partition coefficient (Wildman–Crippen LogP) is 4.20. The zero-order valence-corrected chi connectivity index (χ0v) is 18.2. The van der Waals surface area contributed by atoms with Crippen LogP contribution in [-0.2, 0) is 16.0 Å². The fourth-order valence-electron chi connectivity index (χ4n) is 3.51. The molecular weight excluding hydrogens is 388 g/mol. The number of ether oxygens (including phenoxy) is 1. The van der Waals surface area contributed by atoms with Gasteiger partial charge in [-0.05, 0) is 36.8 Å². The normalized spacial score (nSPS) is 11.7. The maximum atomic E-state index is 13.1. The lowest BCUT2D eigenvalue weighted by Gasteiger charge is -2.28. The molecule has 0 aromatic heterocycles. The van der Waals surface area contributed by atoms with Crippen molar-refractivity contribution in [3.8, 4) is 5.75 Å². The highest BCUT2D eigenvalue weighted by molar-refractivity contribution is 5.90. The van der Waals surface area contributed by atoms with Gasteiger partial charge in [-0.25, -0.2) is 0 Å². The highest BCUT2D eigenvalue weighted by Gasteiger charge is 2.26. The molecule has 2 amide bonds. The van der Waals surface area contributed by atoms with Gasteiger partial charge in [0.05, 0.1) is 0 Å². The molecule has 0 aliphatic rings. The number of carbonyl (C=O) groups excluding carboxylic acids is 2. The van der Waals surface area contributed by atoms with Crippen LogP contribution in [0.1, 0.15) is 25.8 Å². The molecule has 0 radical (unpaired) electrons. The molecule has 1 unspecified atom stereocenters. The number of hydrogen-bond acceptors (Lipinski definition) is 3. The smallest absolute Gasteiger partial charge is 0.261 e. The molecule has 1 N–H and O–H groups in total. The number of rotatable bonds is 10. The molecule has 1 atom stereocenters. The first kappa shape index (κ1) is 22.3. The maximum absolute atomic E-state index is 13.1. The number of nitrogens with zero attached hydrogens (tertiary/aromatic N) is 1. The summed E-state index contributed by atoms with van der Waals surface area (Å²) in [7, 11) is 0. The highest BCUT2D eigenvalue weighted by atomic mass is 16.5. The van der Waals surface area contributed by atoms with Crippen molar-refractivity contribution in [2.75, 3.05) is 19.7 Å². The van der Waals surface area contributed by atoms with Crippen LogP contribution in [0.25, 0.3) is 10.8 Å². The van der Waals surface area contributed by atoms with Crippen molar-refractivity contribution < 1.29 is 14.3 Å². The molecule has 0 aliphatic heterocycles. The molecule has 162 valence electrons. The van der Waals surface area contributed by atoms with E-state index in [0.29, 0.717) is 25.3 Å². The summed E-state index contributed by atoms with van der Waals surface area (Å²) in [5, 5.41) is 4.91. The molecular formula is C26H30N2O3. The molecule has 0 fully saturated rings. The van der Waals surface area contributed by atoms with Crippen LogP contribution in [-0.4, -0.2) is 42.5 Å². The topological polar surface area (TPSA) is 58.6 Å². The van der Waals surface area contributed by atoms with Gasteiger partial charge < -0.3 is 15.0 Å². The van der Waals surface area contributed by atoms with Gasteiger partial charge in [0.15, 0.2) is 6.61 Å². The Morgan fingerprint density at radius 2 is 1.68 bits per heavy atom. The summed E-state index contributed by atoms with van der Waals surface area (Å²) in [6, 6.07) is 23.1. The molecule has 0 aliphatic carbocycles. The summed E-state index contributed by atoms with van der Waals surface area (Å²) in [6.07, 6.45) is 1.52. The van der Waals surface area contributed by atoms with Crippen molar-refractivity contribution in [3.63, 3.8) is 0 Å². The second kappa shape index (κ2) is 11.2. The van der Waals surface area contributed by atoms with Crippen LogP contribution in [0.5, 0.6) is 5.75 Å². The van der Waals surface area contributed by atoms with E-state index in [1.54, 1.807) is 11.8 Å². The zero-order valence-electron chi connectivity index (χ0n) is 18.2. The monoisotopic (exact) mass is 418 g/mol. The van der Waals surface area contributed by atoms with Gasteiger partial charge in [0, 0.05) is 18.5 Å². The summed E-state index contributed by atoms with van der Waals surface area (Å²) < 4.78 is 5.90. The summed E-state index contributed by atoms with van der Waals surface area (Å²) in [5.74, 6) is 0.314. The van der Waals surface area contributed by atoms with Crippen LogP contribution in [0.2, 0.25) is 0 Å². The van der Waals surface area contributed by atoms with Crippen molar-refractivity contribution in [1.29, 1.82) is 0 Å². The van der Waals surface area contributed by atoms with Gasteiger partial charge in [0.2, 0.25) is 5.91 Å². The van der Waals surface area contributed by atoms with Crippen molar-refractivity contribution >= 4 is 22.6 Å². The first-order chi connectivity index (χ1) is 15.1. The largest absolute Gasteiger partial charge is 0.483 e. The Kier molecular flexibility index (Phi) is 8.05. The standard InChI is InChI=1S/C26H30N2O3/c1-3-17-27-26(30)20(2)28(18-16-21-10-5-4-6-11-21)25(29)19-31-24-15-9-13-22-12-7-8-14-23(22)24/h4-15,20H,3,16-19H2,1-2H3,(H,27,30). The summed E-state index contributed by atoms with van der Waals surface area (Å²) in [4.78, 5) is 27.3. The number of hydrogen-bond donors (Lipinski definition) is 1. The third-order valence-corrected chi connectivity index (χ3v) is 5.30. The van der Waals surface area contributed by atoms with Crippen LogP contribution in [0.4, 0.5) is 0 Å². The number of benzene rings is 3. The molecule has 3 aromatic carbocycles. The van der Waals surface area contributed by atoms with Crippen molar-refractivity contribution in [2.24, 2.45) is 0 Å². The van der Waals surface area contributed by atoms with Crippen LogP contribution in [0.15, 0.2) is 72.8 Å². The van der Waals surface area contributed by atoms with E-state index >= 15 is 0 Å². The van der Waals surface area contributed by atoms with E-state index in [1.165, 1.54) is 0 Å². The van der Waals surface area contributed by atoms with Crippen molar-refractivity contribution in [3.05, 3.63) is 78.4 Å². The molecule has 0 saturated carbocycles. The summed E-state index contributed by atoms with van der Waals surface area (Å²) in [5.41, 5.74) is 1.12. The van der Waals surface area contributed by atoms with Crippen LogP contribution in [0, 0.1) is 0 Å². The quantitative estimate of drug-likeness (QED) is 0.537. The lowest BCUT2D eigenvalue weighted by Crippen LogP contribution is -2.50. The van der Waals surface area contributed by atoms with E-state index < -0.39 is 6.04 Å². The third-order valence-electron chi connectivity index (χ3n) is 5.30. The lowest BCUT2D eigenvalue weighted by atomic mass is 10.1. The minimum atomic E-state index is -0.570. The van der Waals surface area contributed by atoms with Crippen LogP contribution >= 0.6 is 0 Å². The maximum Gasteiger partial charge on any atom is 0.261 e. The molecule has 3 aromatic rings. The second-order valence-corrected chi connectivity index (χ2v) is 7.56. The van der Waals surface area contributed by atoms with Crippen molar-refractivity contribution in [2.45, 2.75) is 32.7 Å². The van der Waals surface area contributed by atoms with E-state index in [9.17, 15) is 9.59 Å². The molecule has 31 heavy (non-hydrogen) atoms. The van der Waals surface area contributed by atoms with Crippen LogP contribution in [0.3, 0.4) is 0 Å². The average molecular weight is 419 g/mol. The third kappa shape index (κ3) is 6.07. The highest BCUT2D eigenvalue weighted by Crippen LogP contribution is 2.25. The molecule has 0 heterocycles. The van der Waals surface area contributed by atoms with E-state index in [-0.39, 0.29) is 18.4 Å². The van der Waals surface area contributed by atoms with Gasteiger partial charge in [-0.2, -0.15) is 0 Å². The predicted molar refractivity (Wildman–Crippen MR) is 124 cm³/mol. The average Bonchev–Trinajstić information content (AvgIpc) is 2.81. The first-order valence-electron chi connectivity index (χ1n) is 10.8. The molecule has 5 nitrogen and oxygen atoms in total. The van der Waals surface area contributed by atoms with Crippen molar-refractivity contribution in [1.82, 2.24) is 10.2 Å². The van der Waals surface area contributed by atoms with Gasteiger partial charge in [-0.15, -0.1) is 0 Å². The number of nitrogens with one attached hydrogen (secondary N) is 1. The Hall–Kier alpha value is -3.34. The van der Waals surface area contributed by atoms with E-state index in [1.807, 2.05) is 79.7 Å². The fourth-order valence-corrected chi connectivity index (χ4v) is 3.51.